The summed E-state index contributed by atoms with van der Waals surface area (Å²) in [4.78, 5) is 69.1. The van der Waals surface area contributed by atoms with Gasteiger partial charge in [0.05, 0.1) is 59.4 Å². The molecule has 0 radical (unpaired) electrons. The first-order chi connectivity index (χ1) is 23.6. The largest absolute Gasteiger partial charge is 0.462 e. The van der Waals surface area contributed by atoms with Crippen LogP contribution in [0.1, 0.15) is 41.2 Å². The highest BCUT2D eigenvalue weighted by molar-refractivity contribution is 6.05. The van der Waals surface area contributed by atoms with E-state index in [0.29, 0.717) is 33.7 Å². The van der Waals surface area contributed by atoms with Gasteiger partial charge in [-0.15, -0.1) is 0 Å². The van der Waals surface area contributed by atoms with E-state index >= 15 is 0 Å². The molecule has 3 amide bonds. The molecule has 3 aliphatic heterocycles. The van der Waals surface area contributed by atoms with E-state index in [4.69, 9.17) is 20.2 Å². The predicted octanol–water partition coefficient (Wildman–Crippen LogP) is 1.18. The Kier molecular flexibility index (Phi) is 7.97. The van der Waals surface area contributed by atoms with Gasteiger partial charge in [0.1, 0.15) is 12.6 Å². The molecule has 49 heavy (non-hydrogen) atoms. The van der Waals surface area contributed by atoms with Gasteiger partial charge in [0.25, 0.3) is 5.56 Å². The number of amides is 3. The van der Waals surface area contributed by atoms with Crippen LogP contribution in [0.2, 0.25) is 0 Å². The van der Waals surface area contributed by atoms with E-state index in [1.54, 1.807) is 35.8 Å². The second-order valence-corrected chi connectivity index (χ2v) is 12.0. The number of nitrogens with zero attached hydrogens (tertiary/aromatic N) is 2. The molecule has 2 atom stereocenters. The molecule has 4 aromatic rings. The molecule has 3 aliphatic rings. The quantitative estimate of drug-likeness (QED) is 0.142. The van der Waals surface area contributed by atoms with Crippen molar-refractivity contribution in [3.05, 3.63) is 93.0 Å². The van der Waals surface area contributed by atoms with E-state index in [0.717, 1.165) is 16.7 Å². The number of carbonyl (C=O) groups excluding carboxylic acids is 4. The number of nitrogens with one attached hydrogen (secondary N) is 3. The predicted molar refractivity (Wildman–Crippen MR) is 177 cm³/mol. The summed E-state index contributed by atoms with van der Waals surface area (Å²) >= 11 is 0. The molecule has 2 aromatic carbocycles. The van der Waals surface area contributed by atoms with Crippen LogP contribution in [-0.2, 0) is 49.1 Å². The number of cyclic esters (lactones) is 1. The van der Waals surface area contributed by atoms with Gasteiger partial charge in [-0.25, -0.2) is 9.78 Å². The Balaban J connectivity index is 1.15. The summed E-state index contributed by atoms with van der Waals surface area (Å²) in [5.74, 6) is -2.05. The van der Waals surface area contributed by atoms with Crippen LogP contribution in [0.25, 0.3) is 28.4 Å². The number of rotatable bonds is 9. The highest BCUT2D eigenvalue weighted by Crippen LogP contribution is 2.45. The standard InChI is InChI=1S/C35H32N6O8/c1-2-35(47)22-13-26-30-20(16-41(26)33(45)21(22)17-49-34(35)46)19-10-11-48-31-24(9-8-23(40-30)29(19)31)38-28(43)15-37-32(44)25(39-27(42)14-36)12-18-6-4-3-5-7-18/h3-11,13,25,47H,2,12,14-17,36H2,1H3,(H,37,44)(H,38,43)(H,39,42)/t25-,35-/m0/s1. The number of nitrogens with two attached hydrogens (primary N) is 1. The number of carbonyl (C=O) groups is 4. The van der Waals surface area contributed by atoms with E-state index in [9.17, 15) is 29.1 Å². The van der Waals surface area contributed by atoms with Crippen LogP contribution >= 0.6 is 0 Å². The van der Waals surface area contributed by atoms with Gasteiger partial charge in [-0.05, 0) is 41.8 Å². The van der Waals surface area contributed by atoms with Gasteiger partial charge in [0.15, 0.2) is 11.4 Å². The monoisotopic (exact) mass is 664 g/mol. The summed E-state index contributed by atoms with van der Waals surface area (Å²) in [6.45, 7) is 0.926. The van der Waals surface area contributed by atoms with E-state index in [1.807, 2.05) is 30.3 Å². The Morgan fingerprint density at radius 2 is 1.90 bits per heavy atom. The number of hydrogen-bond acceptors (Lipinski definition) is 10. The van der Waals surface area contributed by atoms with E-state index in [1.165, 1.54) is 6.26 Å². The van der Waals surface area contributed by atoms with Crippen molar-refractivity contribution in [1.82, 2.24) is 20.2 Å². The molecule has 0 saturated carbocycles. The molecule has 5 heterocycles. The van der Waals surface area contributed by atoms with Gasteiger partial charge >= 0.3 is 5.97 Å². The molecular formula is C35H32N6O8. The molecule has 250 valence electrons. The first kappa shape index (κ1) is 31.7. The van der Waals surface area contributed by atoms with Gasteiger partial charge < -0.3 is 40.8 Å². The summed E-state index contributed by atoms with van der Waals surface area (Å²) in [5, 5.41) is 19.8. The van der Waals surface area contributed by atoms with Crippen LogP contribution in [0.15, 0.2) is 59.6 Å². The minimum Gasteiger partial charge on any atom is -0.462 e. The van der Waals surface area contributed by atoms with E-state index in [2.05, 4.69) is 16.0 Å². The highest BCUT2D eigenvalue weighted by atomic mass is 16.6. The smallest absolute Gasteiger partial charge is 0.343 e. The maximum absolute atomic E-state index is 13.6. The summed E-state index contributed by atoms with van der Waals surface area (Å²) in [6.07, 6.45) is 3.48. The third-order valence-corrected chi connectivity index (χ3v) is 9.09. The fourth-order valence-electron chi connectivity index (χ4n) is 6.55. The molecule has 0 spiro atoms. The lowest BCUT2D eigenvalue weighted by Crippen LogP contribution is -2.50. The zero-order valence-corrected chi connectivity index (χ0v) is 26.4. The Hall–Kier alpha value is -5.86. The number of aliphatic hydroxyl groups is 1. The zero-order valence-electron chi connectivity index (χ0n) is 26.4. The lowest BCUT2D eigenvalue weighted by molar-refractivity contribution is -0.172. The summed E-state index contributed by atoms with van der Waals surface area (Å²) < 4.78 is 12.6. The van der Waals surface area contributed by atoms with Crippen molar-refractivity contribution < 1.29 is 33.8 Å². The number of hydrogen-bond donors (Lipinski definition) is 5. The zero-order chi connectivity index (χ0) is 34.4. The van der Waals surface area contributed by atoms with Crippen LogP contribution < -0.4 is 32.0 Å². The van der Waals surface area contributed by atoms with Crippen molar-refractivity contribution in [2.75, 3.05) is 18.4 Å². The number of ether oxygens (including phenoxy) is 2. The Bertz CT molecular complexity index is 2160. The Morgan fingerprint density at radius 1 is 1.10 bits per heavy atom. The highest BCUT2D eigenvalue weighted by Gasteiger charge is 2.45. The number of benzene rings is 2. The van der Waals surface area contributed by atoms with Crippen LogP contribution in [0.4, 0.5) is 5.69 Å². The van der Waals surface area contributed by atoms with Gasteiger partial charge in [-0.2, -0.15) is 0 Å². The molecule has 0 unspecified atom stereocenters. The van der Waals surface area contributed by atoms with Crippen LogP contribution in [0, 0.1) is 0 Å². The molecular weight excluding hydrogens is 632 g/mol. The molecule has 0 saturated heterocycles. The van der Waals surface area contributed by atoms with Crippen molar-refractivity contribution in [3.8, 4) is 17.1 Å². The number of aromatic nitrogens is 2. The average Bonchev–Trinajstić information content (AvgIpc) is 3.49. The molecule has 0 aliphatic carbocycles. The minimum absolute atomic E-state index is 0.0334. The van der Waals surface area contributed by atoms with Gasteiger partial charge in [-0.1, -0.05) is 37.3 Å². The summed E-state index contributed by atoms with van der Waals surface area (Å²) in [7, 11) is 0. The number of pyridine rings is 2. The second-order valence-electron chi connectivity index (χ2n) is 12.0. The fourth-order valence-corrected chi connectivity index (χ4v) is 6.55. The Labute approximate surface area is 278 Å². The van der Waals surface area contributed by atoms with Crippen molar-refractivity contribution in [2.45, 2.75) is 44.6 Å². The van der Waals surface area contributed by atoms with Gasteiger partial charge in [0, 0.05) is 17.5 Å². The Morgan fingerprint density at radius 3 is 2.65 bits per heavy atom. The van der Waals surface area contributed by atoms with Gasteiger partial charge in [-0.3, -0.25) is 19.2 Å². The van der Waals surface area contributed by atoms with Crippen LogP contribution in [-0.4, -0.2) is 57.5 Å². The average molecular weight is 665 g/mol. The van der Waals surface area contributed by atoms with Crippen LogP contribution in [0.3, 0.4) is 0 Å². The van der Waals surface area contributed by atoms with Crippen molar-refractivity contribution in [3.63, 3.8) is 0 Å². The third kappa shape index (κ3) is 5.40. The first-order valence-electron chi connectivity index (χ1n) is 15.7. The molecule has 14 heteroatoms. The van der Waals surface area contributed by atoms with E-state index < -0.39 is 35.3 Å². The number of fused-ring (bicyclic) bond motifs is 5. The first-order valence-corrected chi connectivity index (χ1v) is 15.7. The third-order valence-electron chi connectivity index (χ3n) is 9.09. The minimum atomic E-state index is -1.94. The van der Waals surface area contributed by atoms with Crippen LogP contribution in [0.5, 0.6) is 5.75 Å². The topological polar surface area (TPSA) is 204 Å². The molecule has 6 N–H and O–H groups in total. The van der Waals surface area contributed by atoms with Gasteiger partial charge in [0.2, 0.25) is 17.7 Å². The maximum Gasteiger partial charge on any atom is 0.343 e. The lowest BCUT2D eigenvalue weighted by Gasteiger charge is -2.31. The maximum atomic E-state index is 13.6. The normalized spacial score (nSPS) is 17.2. The van der Waals surface area contributed by atoms with Crippen molar-refractivity contribution in [1.29, 1.82) is 0 Å². The molecule has 0 bridgehead atoms. The summed E-state index contributed by atoms with van der Waals surface area (Å²) in [6, 6.07) is 13.2. The lowest BCUT2D eigenvalue weighted by atomic mass is 9.86. The fraction of sp³-hybridized carbons (Fsp3) is 0.257. The SMILES string of the molecule is CC[C@@]1(O)C(=O)OCc2c1cc1n(c2=O)Cc2c-1nc1ccc(NC(=O)CNC(=O)[C@H](Cc3ccccc3)NC(=O)CN)c3c1c2C=CO3. The number of anilines is 1. The number of esters is 1. The summed E-state index contributed by atoms with van der Waals surface area (Å²) in [5.41, 5.74) is 7.74. The second kappa shape index (κ2) is 12.3. The molecule has 2 aromatic heterocycles. The van der Waals surface area contributed by atoms with Crippen molar-refractivity contribution in [2.24, 2.45) is 5.73 Å². The molecule has 7 rings (SSSR count). The molecule has 0 fully saturated rings. The van der Waals surface area contributed by atoms with Crippen molar-refractivity contribution >= 4 is 46.4 Å². The van der Waals surface area contributed by atoms with E-state index in [-0.39, 0.29) is 55.8 Å². The molecule has 14 nitrogen and oxygen atoms in total.